The second kappa shape index (κ2) is 1.11. The van der Waals surface area contributed by atoms with Gasteiger partial charge in [0, 0.05) is 6.20 Å². The maximum absolute atomic E-state index is 3.10. The van der Waals surface area contributed by atoms with E-state index in [1.165, 1.54) is 9.53 Å². The molecule has 0 spiro atoms. The number of H-pyrrole nitrogens is 1. The highest BCUT2D eigenvalue weighted by atomic mass is 32.9. The number of fused-ring (bicyclic) bond motifs is 1. The van der Waals surface area contributed by atoms with E-state index in [4.69, 9.17) is 0 Å². The van der Waals surface area contributed by atoms with Gasteiger partial charge < -0.3 is 4.98 Å². The van der Waals surface area contributed by atoms with Crippen molar-refractivity contribution in [3.63, 3.8) is 0 Å². The summed E-state index contributed by atoms with van der Waals surface area (Å²) in [6.07, 6.45) is 1.97. The zero-order valence-electron chi connectivity index (χ0n) is 3.47. The molecule has 0 aliphatic carbocycles. The van der Waals surface area contributed by atoms with Crippen LogP contribution in [0.1, 0.15) is 0 Å². The fourth-order valence-corrected chi connectivity index (χ4v) is 2.25. The average Bonchev–Trinajstić information content (AvgIpc) is 1.85. The van der Waals surface area contributed by atoms with Gasteiger partial charge in [0.25, 0.3) is 0 Å². The average molecular weight is 129 g/mol. The third-order valence-corrected chi connectivity index (χ3v) is 3.41. The minimum absolute atomic E-state index is 1.32. The van der Waals surface area contributed by atoms with Crippen LogP contribution in [0.3, 0.4) is 0 Å². The van der Waals surface area contributed by atoms with Gasteiger partial charge in [0.05, 0.1) is 4.70 Å². The molecule has 0 aliphatic heterocycles. The quantitative estimate of drug-likeness (QED) is 0.525. The molecule has 0 saturated carbocycles. The van der Waals surface area contributed by atoms with E-state index in [0.29, 0.717) is 0 Å². The Hall–Kier alpha value is -0.280. The molecule has 2 aromatic rings. The lowest BCUT2D eigenvalue weighted by Gasteiger charge is -1.83. The van der Waals surface area contributed by atoms with Gasteiger partial charge in [0.1, 0.15) is 4.83 Å². The van der Waals surface area contributed by atoms with Crippen molar-refractivity contribution in [3.8, 4) is 0 Å². The highest BCUT2D eigenvalue weighted by Gasteiger charge is 1.94. The number of hydrogen-bond donors (Lipinski definition) is 1. The molecule has 0 radical (unpaired) electrons. The van der Waals surface area contributed by atoms with E-state index in [1.54, 1.807) is 10.3 Å². The summed E-state index contributed by atoms with van der Waals surface area (Å²) in [4.78, 5) is 4.42. The second-order valence-electron chi connectivity index (χ2n) is 1.34. The maximum atomic E-state index is 3.10. The lowest BCUT2D eigenvalue weighted by Crippen LogP contribution is -1.53. The molecular weight excluding hydrogens is 126 g/mol. The van der Waals surface area contributed by atoms with Crippen molar-refractivity contribution in [2.24, 2.45) is 0 Å². The zero-order valence-corrected chi connectivity index (χ0v) is 5.10. The molecule has 2 aromatic heterocycles. The lowest BCUT2D eigenvalue weighted by molar-refractivity contribution is 1.51. The first-order chi connectivity index (χ1) is 3.47. The third-order valence-electron chi connectivity index (χ3n) is 0.888. The minimum atomic E-state index is 1.32. The van der Waals surface area contributed by atoms with Crippen molar-refractivity contribution in [3.05, 3.63) is 12.3 Å². The smallest absolute Gasteiger partial charge is 0.121 e. The van der Waals surface area contributed by atoms with Crippen LogP contribution >= 0.6 is 20.7 Å². The van der Waals surface area contributed by atoms with Crippen LogP contribution in [0.15, 0.2) is 12.3 Å². The minimum Gasteiger partial charge on any atom is -0.352 e. The van der Waals surface area contributed by atoms with Crippen LogP contribution in [0.25, 0.3) is 9.53 Å². The summed E-state index contributed by atoms with van der Waals surface area (Å²) in [7, 11) is 3.62. The van der Waals surface area contributed by atoms with Crippen molar-refractivity contribution < 1.29 is 0 Å². The molecular formula is C4H3NS2. The molecule has 0 saturated heterocycles. The Balaban J connectivity index is 3.05. The number of aromatic amines is 1. The van der Waals surface area contributed by atoms with E-state index in [-0.39, 0.29) is 0 Å². The molecule has 0 aromatic carbocycles. The van der Waals surface area contributed by atoms with Gasteiger partial charge in [-0.1, -0.05) is 20.7 Å². The molecule has 0 fully saturated rings. The summed E-state index contributed by atoms with van der Waals surface area (Å²) in [5, 5.41) is 0. The Morgan fingerprint density at radius 1 is 1.43 bits per heavy atom. The van der Waals surface area contributed by atoms with Gasteiger partial charge in [0.2, 0.25) is 0 Å². The fourth-order valence-electron chi connectivity index (χ4n) is 0.523. The summed E-state index contributed by atoms with van der Waals surface area (Å²) in [5.74, 6) is 0. The molecule has 1 nitrogen and oxygen atoms in total. The summed E-state index contributed by atoms with van der Waals surface area (Å²) < 4.78 is 1.39. The van der Waals surface area contributed by atoms with Crippen LogP contribution in [0.5, 0.6) is 0 Å². The fraction of sp³-hybridized carbons (Fsp3) is 0. The highest BCUT2D eigenvalue weighted by molar-refractivity contribution is 7.78. The van der Waals surface area contributed by atoms with Crippen LogP contribution in [-0.2, 0) is 0 Å². The Morgan fingerprint density at radius 3 is 2.71 bits per heavy atom. The van der Waals surface area contributed by atoms with Gasteiger partial charge in [-0.3, -0.25) is 0 Å². The second-order valence-corrected chi connectivity index (χ2v) is 3.52. The molecule has 7 heavy (non-hydrogen) atoms. The van der Waals surface area contributed by atoms with E-state index < -0.39 is 0 Å². The van der Waals surface area contributed by atoms with Crippen LogP contribution in [-0.4, -0.2) is 4.98 Å². The normalized spacial score (nSPS) is 10.9. The van der Waals surface area contributed by atoms with E-state index in [2.05, 4.69) is 11.1 Å². The van der Waals surface area contributed by atoms with E-state index in [9.17, 15) is 0 Å². The highest BCUT2D eigenvalue weighted by Crippen LogP contribution is 2.29. The van der Waals surface area contributed by atoms with Gasteiger partial charge >= 0.3 is 0 Å². The molecule has 0 bridgehead atoms. The molecule has 36 valence electrons. The summed E-state index contributed by atoms with van der Waals surface area (Å²) in [6.45, 7) is 0. The molecule has 0 atom stereocenters. The third kappa shape index (κ3) is 0.365. The van der Waals surface area contributed by atoms with Crippen LogP contribution in [0.4, 0.5) is 0 Å². The predicted molar refractivity (Wildman–Crippen MR) is 34.1 cm³/mol. The SMILES string of the molecule is c1cc2ssc2[nH]1. The Labute approximate surface area is 48.0 Å². The number of aromatic nitrogens is 1. The van der Waals surface area contributed by atoms with Crippen molar-refractivity contribution >= 4 is 30.2 Å². The molecule has 2 heterocycles. The summed E-state index contributed by atoms with van der Waals surface area (Å²) >= 11 is 0. The monoisotopic (exact) mass is 129 g/mol. The molecule has 3 heteroatoms. The van der Waals surface area contributed by atoms with Crippen LogP contribution < -0.4 is 0 Å². The van der Waals surface area contributed by atoms with E-state index in [0.717, 1.165) is 0 Å². The summed E-state index contributed by atoms with van der Waals surface area (Å²) in [6, 6.07) is 2.09. The van der Waals surface area contributed by atoms with Gasteiger partial charge in [-0.2, -0.15) is 0 Å². The lowest BCUT2D eigenvalue weighted by atomic mass is 10.7. The van der Waals surface area contributed by atoms with E-state index in [1.807, 2.05) is 16.5 Å². The van der Waals surface area contributed by atoms with Gasteiger partial charge in [-0.25, -0.2) is 0 Å². The summed E-state index contributed by atoms with van der Waals surface area (Å²) in [5.41, 5.74) is 0. The maximum Gasteiger partial charge on any atom is 0.121 e. The Bertz CT molecular complexity index is 226. The number of hydrogen-bond acceptors (Lipinski definition) is 2. The predicted octanol–water partition coefficient (Wildman–Crippen LogP) is 2.29. The first kappa shape index (κ1) is 3.69. The van der Waals surface area contributed by atoms with Crippen molar-refractivity contribution in [2.45, 2.75) is 0 Å². The standard InChI is InChI=1S/C4H3NS2/c1-2-5-4-3(1)6-7-4/h1-2,5H. The topological polar surface area (TPSA) is 15.8 Å². The Morgan fingerprint density at radius 2 is 2.43 bits per heavy atom. The van der Waals surface area contributed by atoms with Gasteiger partial charge in [0.15, 0.2) is 0 Å². The molecule has 0 amide bonds. The van der Waals surface area contributed by atoms with Crippen molar-refractivity contribution in [1.29, 1.82) is 0 Å². The first-order valence-electron chi connectivity index (χ1n) is 1.99. The zero-order chi connectivity index (χ0) is 4.69. The van der Waals surface area contributed by atoms with Crippen molar-refractivity contribution in [2.75, 3.05) is 0 Å². The molecule has 0 unspecified atom stereocenters. The van der Waals surface area contributed by atoms with Gasteiger partial charge in [-0.15, -0.1) is 0 Å². The van der Waals surface area contributed by atoms with Crippen LogP contribution in [0.2, 0.25) is 0 Å². The molecule has 2 rings (SSSR count). The molecule has 0 aliphatic rings. The largest absolute Gasteiger partial charge is 0.352 e. The number of rotatable bonds is 0. The molecule has 1 N–H and O–H groups in total. The van der Waals surface area contributed by atoms with Crippen molar-refractivity contribution in [1.82, 2.24) is 4.98 Å². The van der Waals surface area contributed by atoms with Crippen LogP contribution in [0, 0.1) is 0 Å². The number of nitrogens with one attached hydrogen (secondary N) is 1. The van der Waals surface area contributed by atoms with Gasteiger partial charge in [-0.05, 0) is 6.07 Å². The Kier molecular flexibility index (Phi) is 0.584. The first-order valence-corrected chi connectivity index (χ1v) is 4.14. The van der Waals surface area contributed by atoms with E-state index >= 15 is 0 Å².